The fourth-order valence-corrected chi connectivity index (χ4v) is 4.77. The molecular weight excluding hydrogens is 336 g/mol. The molecule has 4 heteroatoms. The Bertz CT molecular complexity index is 585. The summed E-state index contributed by atoms with van der Waals surface area (Å²) in [6.45, 7) is 6.56. The SMILES string of the molecule is CCCCN(C[C@@H]1CCCN2CCCC[C@H]12)C(=O)Cc1ccc(OC)cc1. The molecule has 3 rings (SSSR count). The molecule has 0 bridgehead atoms. The van der Waals surface area contributed by atoms with Crippen LogP contribution in [0.5, 0.6) is 5.75 Å². The van der Waals surface area contributed by atoms with Crippen molar-refractivity contribution in [1.29, 1.82) is 0 Å². The first-order valence-electron chi connectivity index (χ1n) is 10.9. The largest absolute Gasteiger partial charge is 0.497 e. The zero-order valence-electron chi connectivity index (χ0n) is 17.2. The minimum Gasteiger partial charge on any atom is -0.497 e. The summed E-state index contributed by atoms with van der Waals surface area (Å²) in [7, 11) is 1.67. The highest BCUT2D eigenvalue weighted by Crippen LogP contribution is 2.31. The number of fused-ring (bicyclic) bond motifs is 1. The molecule has 150 valence electrons. The van der Waals surface area contributed by atoms with Gasteiger partial charge in [-0.1, -0.05) is 31.9 Å². The van der Waals surface area contributed by atoms with E-state index in [1.807, 2.05) is 24.3 Å². The van der Waals surface area contributed by atoms with E-state index in [0.717, 1.165) is 37.2 Å². The number of hydrogen-bond acceptors (Lipinski definition) is 3. The van der Waals surface area contributed by atoms with Crippen LogP contribution < -0.4 is 4.74 Å². The third-order valence-corrected chi connectivity index (χ3v) is 6.33. The minimum atomic E-state index is 0.279. The molecule has 2 fully saturated rings. The van der Waals surface area contributed by atoms with Crippen LogP contribution in [0.15, 0.2) is 24.3 Å². The van der Waals surface area contributed by atoms with Crippen molar-refractivity contribution in [3.63, 3.8) is 0 Å². The molecule has 2 aliphatic rings. The Morgan fingerprint density at radius 2 is 1.93 bits per heavy atom. The van der Waals surface area contributed by atoms with E-state index in [1.54, 1.807) is 7.11 Å². The van der Waals surface area contributed by atoms with Gasteiger partial charge in [-0.15, -0.1) is 0 Å². The molecule has 0 aromatic heterocycles. The number of rotatable bonds is 8. The lowest BCUT2D eigenvalue weighted by atomic mass is 9.83. The molecule has 27 heavy (non-hydrogen) atoms. The van der Waals surface area contributed by atoms with E-state index in [2.05, 4.69) is 16.7 Å². The molecule has 1 amide bonds. The molecule has 0 spiro atoms. The van der Waals surface area contributed by atoms with Crippen LogP contribution in [0.3, 0.4) is 0 Å². The number of unbranched alkanes of at least 4 members (excludes halogenated alkanes) is 1. The van der Waals surface area contributed by atoms with Crippen LogP contribution in [-0.2, 0) is 11.2 Å². The molecule has 0 N–H and O–H groups in total. The van der Waals surface area contributed by atoms with Gasteiger partial charge in [-0.25, -0.2) is 0 Å². The summed E-state index contributed by atoms with van der Waals surface area (Å²) in [5, 5.41) is 0. The van der Waals surface area contributed by atoms with Gasteiger partial charge in [-0.2, -0.15) is 0 Å². The van der Waals surface area contributed by atoms with Crippen molar-refractivity contribution in [2.45, 2.75) is 64.3 Å². The van der Waals surface area contributed by atoms with Gasteiger partial charge in [-0.05, 0) is 68.8 Å². The quantitative estimate of drug-likeness (QED) is 0.688. The number of nitrogens with zero attached hydrogens (tertiary/aromatic N) is 2. The van der Waals surface area contributed by atoms with Crippen LogP contribution in [0, 0.1) is 5.92 Å². The van der Waals surface area contributed by atoms with Crippen LogP contribution in [0.4, 0.5) is 0 Å². The van der Waals surface area contributed by atoms with E-state index >= 15 is 0 Å². The summed E-state index contributed by atoms with van der Waals surface area (Å²) in [5.74, 6) is 1.77. The Hall–Kier alpha value is -1.55. The Balaban J connectivity index is 1.63. The van der Waals surface area contributed by atoms with Gasteiger partial charge in [0.25, 0.3) is 0 Å². The molecule has 2 atom stereocenters. The van der Waals surface area contributed by atoms with E-state index < -0.39 is 0 Å². The zero-order valence-corrected chi connectivity index (χ0v) is 17.2. The highest BCUT2D eigenvalue weighted by Gasteiger charge is 2.34. The zero-order chi connectivity index (χ0) is 19.1. The smallest absolute Gasteiger partial charge is 0.226 e. The summed E-state index contributed by atoms with van der Waals surface area (Å²) in [5.41, 5.74) is 1.07. The van der Waals surface area contributed by atoms with Gasteiger partial charge in [0.15, 0.2) is 0 Å². The molecule has 0 radical (unpaired) electrons. The van der Waals surface area contributed by atoms with Gasteiger partial charge >= 0.3 is 0 Å². The molecule has 0 unspecified atom stereocenters. The molecule has 0 saturated carbocycles. The van der Waals surface area contributed by atoms with Crippen LogP contribution in [0.2, 0.25) is 0 Å². The lowest BCUT2D eigenvalue weighted by molar-refractivity contribution is -0.132. The normalized spacial score (nSPS) is 22.9. The third kappa shape index (κ3) is 5.47. The van der Waals surface area contributed by atoms with Gasteiger partial charge in [0.05, 0.1) is 13.5 Å². The maximum absolute atomic E-state index is 13.1. The number of piperidine rings is 2. The van der Waals surface area contributed by atoms with Crippen LogP contribution in [-0.4, -0.2) is 55.0 Å². The topological polar surface area (TPSA) is 32.8 Å². The summed E-state index contributed by atoms with van der Waals surface area (Å²) in [4.78, 5) is 17.9. The molecule has 4 nitrogen and oxygen atoms in total. The van der Waals surface area contributed by atoms with Crippen LogP contribution in [0.25, 0.3) is 0 Å². The fourth-order valence-electron chi connectivity index (χ4n) is 4.77. The van der Waals surface area contributed by atoms with Crippen LogP contribution in [0.1, 0.15) is 57.4 Å². The predicted molar refractivity (Wildman–Crippen MR) is 110 cm³/mol. The first-order valence-corrected chi connectivity index (χ1v) is 10.9. The summed E-state index contributed by atoms with van der Waals surface area (Å²) >= 11 is 0. The highest BCUT2D eigenvalue weighted by molar-refractivity contribution is 5.78. The lowest BCUT2D eigenvalue weighted by Gasteiger charge is -2.45. The van der Waals surface area contributed by atoms with E-state index in [-0.39, 0.29) is 5.91 Å². The van der Waals surface area contributed by atoms with E-state index in [9.17, 15) is 4.79 Å². The van der Waals surface area contributed by atoms with Crippen molar-refractivity contribution < 1.29 is 9.53 Å². The van der Waals surface area contributed by atoms with Crippen molar-refractivity contribution in [2.75, 3.05) is 33.3 Å². The summed E-state index contributed by atoms with van der Waals surface area (Å²) in [6, 6.07) is 8.61. The number of hydrogen-bond donors (Lipinski definition) is 0. The first-order chi connectivity index (χ1) is 13.2. The van der Waals surface area contributed by atoms with Gasteiger partial charge in [0, 0.05) is 19.1 Å². The van der Waals surface area contributed by atoms with Crippen molar-refractivity contribution in [3.8, 4) is 5.75 Å². The second-order valence-electron chi connectivity index (χ2n) is 8.22. The molecule has 1 aromatic rings. The second kappa shape index (κ2) is 10.1. The van der Waals surface area contributed by atoms with Gasteiger partial charge in [-0.3, -0.25) is 4.79 Å². The average Bonchev–Trinajstić information content (AvgIpc) is 2.71. The number of carbonyl (C=O) groups is 1. The molecule has 2 heterocycles. The number of benzene rings is 1. The highest BCUT2D eigenvalue weighted by atomic mass is 16.5. The first kappa shape index (κ1) is 20.2. The van der Waals surface area contributed by atoms with Gasteiger partial charge in [0.1, 0.15) is 5.75 Å². The molecule has 1 aromatic carbocycles. The van der Waals surface area contributed by atoms with Crippen molar-refractivity contribution in [3.05, 3.63) is 29.8 Å². The third-order valence-electron chi connectivity index (χ3n) is 6.33. The Kier molecular flexibility index (Phi) is 7.57. The van der Waals surface area contributed by atoms with Crippen molar-refractivity contribution >= 4 is 5.91 Å². The van der Waals surface area contributed by atoms with E-state index in [4.69, 9.17) is 4.74 Å². The predicted octanol–water partition coefficient (Wildman–Crippen LogP) is 4.13. The number of amides is 1. The van der Waals surface area contributed by atoms with Crippen LogP contribution >= 0.6 is 0 Å². The lowest BCUT2D eigenvalue weighted by Crippen LogP contribution is -2.52. The van der Waals surface area contributed by atoms with E-state index in [0.29, 0.717) is 18.4 Å². The van der Waals surface area contributed by atoms with Crippen molar-refractivity contribution in [2.24, 2.45) is 5.92 Å². The van der Waals surface area contributed by atoms with Gasteiger partial charge < -0.3 is 14.5 Å². The number of methoxy groups -OCH3 is 1. The molecule has 2 saturated heterocycles. The molecular formula is C23H36N2O2. The molecule has 0 aliphatic carbocycles. The molecule has 2 aliphatic heterocycles. The summed E-state index contributed by atoms with van der Waals surface area (Å²) < 4.78 is 5.23. The fraction of sp³-hybridized carbons (Fsp3) is 0.696. The maximum Gasteiger partial charge on any atom is 0.226 e. The minimum absolute atomic E-state index is 0.279. The standard InChI is InChI=1S/C23H36N2O2/c1-3-4-14-25(23(26)17-19-10-12-21(27-2)13-11-19)18-20-8-7-16-24-15-6-5-9-22(20)24/h10-13,20,22H,3-9,14-18H2,1-2H3/t20-,22+/m0/s1. The van der Waals surface area contributed by atoms with Crippen molar-refractivity contribution in [1.82, 2.24) is 9.80 Å². The van der Waals surface area contributed by atoms with Gasteiger partial charge in [0.2, 0.25) is 5.91 Å². The second-order valence-corrected chi connectivity index (χ2v) is 8.22. The summed E-state index contributed by atoms with van der Waals surface area (Å²) in [6.07, 6.45) is 9.30. The monoisotopic (exact) mass is 372 g/mol. The number of ether oxygens (including phenoxy) is 1. The Morgan fingerprint density at radius 3 is 2.67 bits per heavy atom. The maximum atomic E-state index is 13.1. The Labute approximate surface area is 164 Å². The number of carbonyl (C=O) groups excluding carboxylic acids is 1. The Morgan fingerprint density at radius 1 is 1.15 bits per heavy atom. The average molecular weight is 373 g/mol. The van der Waals surface area contributed by atoms with E-state index in [1.165, 1.54) is 45.2 Å².